The van der Waals surface area contributed by atoms with E-state index >= 15 is 0 Å². The maximum Gasteiger partial charge on any atom is 0.206 e. The molecule has 1 aliphatic carbocycles. The lowest BCUT2D eigenvalue weighted by Gasteiger charge is -2.19. The molecule has 0 unspecified atom stereocenters. The first-order valence-electron chi connectivity index (χ1n) is 8.63. The molecule has 3 rings (SSSR count). The summed E-state index contributed by atoms with van der Waals surface area (Å²) in [5.74, 6) is 1.68. The van der Waals surface area contributed by atoms with Crippen molar-refractivity contribution < 1.29 is 4.74 Å². The molecule has 1 fully saturated rings. The summed E-state index contributed by atoms with van der Waals surface area (Å²) in [6.45, 7) is 5.16. The van der Waals surface area contributed by atoms with Gasteiger partial charge in [0, 0.05) is 23.2 Å². The van der Waals surface area contributed by atoms with Gasteiger partial charge in [-0.1, -0.05) is 6.92 Å². The minimum absolute atomic E-state index is 0.768. The van der Waals surface area contributed by atoms with Gasteiger partial charge in [0.25, 0.3) is 0 Å². The summed E-state index contributed by atoms with van der Waals surface area (Å²) in [5.41, 5.74) is 3.53. The van der Waals surface area contributed by atoms with E-state index in [-0.39, 0.29) is 0 Å². The van der Waals surface area contributed by atoms with Gasteiger partial charge in [-0.3, -0.25) is 4.99 Å². The summed E-state index contributed by atoms with van der Waals surface area (Å²) in [7, 11) is 1.69. The number of aromatic nitrogens is 1. The molecule has 128 valence electrons. The third-order valence-corrected chi connectivity index (χ3v) is 5.31. The van der Waals surface area contributed by atoms with Gasteiger partial charge in [-0.15, -0.1) is 11.3 Å². The zero-order valence-electron chi connectivity index (χ0n) is 14.7. The highest BCUT2D eigenvalue weighted by atomic mass is 32.1. The predicted molar refractivity (Wildman–Crippen MR) is 101 cm³/mol. The minimum atomic E-state index is 0.768. The van der Waals surface area contributed by atoms with Crippen molar-refractivity contribution in [1.29, 1.82) is 0 Å². The highest BCUT2D eigenvalue weighted by molar-refractivity contribution is 7.07. The van der Waals surface area contributed by atoms with Crippen LogP contribution in [0.25, 0.3) is 11.3 Å². The molecule has 1 saturated carbocycles. The molecule has 1 aromatic heterocycles. The minimum Gasteiger partial charge on any atom is -0.497 e. The second kappa shape index (κ2) is 7.79. The van der Waals surface area contributed by atoms with Crippen molar-refractivity contribution in [2.45, 2.75) is 39.5 Å². The smallest absolute Gasteiger partial charge is 0.206 e. The van der Waals surface area contributed by atoms with Gasteiger partial charge in [-0.25, -0.2) is 4.68 Å². The SMILES string of the molecule is CCN=c1scc(-c2ccc(OC)cc2)n1N=C1CCC(C)CC1. The molecular formula is C19H25N3OS. The number of rotatable bonds is 4. The van der Waals surface area contributed by atoms with Gasteiger partial charge in [0.2, 0.25) is 4.80 Å². The summed E-state index contributed by atoms with van der Waals surface area (Å²) in [6.07, 6.45) is 4.67. The number of benzene rings is 1. The molecule has 1 heterocycles. The van der Waals surface area contributed by atoms with Crippen LogP contribution in [-0.2, 0) is 0 Å². The first-order valence-corrected chi connectivity index (χ1v) is 9.51. The predicted octanol–water partition coefficient (Wildman–Crippen LogP) is 4.56. The number of hydrogen-bond acceptors (Lipinski definition) is 4. The lowest BCUT2D eigenvalue weighted by molar-refractivity contribution is 0.415. The molecule has 0 N–H and O–H groups in total. The van der Waals surface area contributed by atoms with Crippen LogP contribution < -0.4 is 9.54 Å². The van der Waals surface area contributed by atoms with E-state index in [4.69, 9.17) is 9.84 Å². The molecule has 24 heavy (non-hydrogen) atoms. The van der Waals surface area contributed by atoms with Crippen molar-refractivity contribution in [2.75, 3.05) is 13.7 Å². The van der Waals surface area contributed by atoms with E-state index in [0.717, 1.165) is 47.1 Å². The standard InChI is InChI=1S/C19H25N3OS/c1-4-20-19-22(21-16-9-5-14(2)6-10-16)18(13-24-19)15-7-11-17(23-3)12-8-15/h7-8,11-14H,4-6,9-10H2,1-3H3. The maximum atomic E-state index is 5.26. The Hall–Kier alpha value is -1.88. The van der Waals surface area contributed by atoms with Gasteiger partial charge in [0.15, 0.2) is 0 Å². The van der Waals surface area contributed by atoms with Crippen LogP contribution >= 0.6 is 11.3 Å². The molecule has 0 spiro atoms. The number of hydrogen-bond donors (Lipinski definition) is 0. The zero-order valence-corrected chi connectivity index (χ0v) is 15.5. The van der Waals surface area contributed by atoms with Crippen molar-refractivity contribution in [3.8, 4) is 17.0 Å². The van der Waals surface area contributed by atoms with Gasteiger partial charge in [-0.05, 0) is 62.8 Å². The monoisotopic (exact) mass is 343 g/mol. The molecule has 1 aliphatic rings. The van der Waals surface area contributed by atoms with Crippen LogP contribution in [0.5, 0.6) is 5.75 Å². The normalized spacial score (nSPS) is 18.7. The molecule has 0 bridgehead atoms. The van der Waals surface area contributed by atoms with E-state index in [9.17, 15) is 0 Å². The summed E-state index contributed by atoms with van der Waals surface area (Å²) < 4.78 is 7.29. The van der Waals surface area contributed by atoms with Crippen LogP contribution in [0.4, 0.5) is 0 Å². The Labute approximate surface area is 147 Å². The average molecular weight is 343 g/mol. The van der Waals surface area contributed by atoms with E-state index < -0.39 is 0 Å². The average Bonchev–Trinajstić information content (AvgIpc) is 3.00. The highest BCUT2D eigenvalue weighted by Gasteiger charge is 2.15. The fraction of sp³-hybridized carbons (Fsp3) is 0.474. The third kappa shape index (κ3) is 3.78. The van der Waals surface area contributed by atoms with Gasteiger partial charge in [0.05, 0.1) is 12.8 Å². The molecule has 0 saturated heterocycles. The molecule has 1 aromatic carbocycles. The molecule has 0 radical (unpaired) electrons. The lowest BCUT2D eigenvalue weighted by atomic mass is 9.90. The highest BCUT2D eigenvalue weighted by Crippen LogP contribution is 2.25. The molecule has 0 amide bonds. The van der Waals surface area contributed by atoms with Crippen molar-refractivity contribution in [3.63, 3.8) is 0 Å². The van der Waals surface area contributed by atoms with Crippen molar-refractivity contribution in [2.24, 2.45) is 16.0 Å². The summed E-state index contributed by atoms with van der Waals surface area (Å²) in [6, 6.07) is 8.14. The number of ether oxygens (including phenoxy) is 1. The van der Waals surface area contributed by atoms with Gasteiger partial charge in [0.1, 0.15) is 5.75 Å². The Bertz CT molecular complexity index is 761. The fourth-order valence-corrected chi connectivity index (χ4v) is 3.83. The fourth-order valence-electron chi connectivity index (χ4n) is 2.94. The van der Waals surface area contributed by atoms with Crippen molar-refractivity contribution >= 4 is 17.0 Å². The van der Waals surface area contributed by atoms with Crippen LogP contribution in [0, 0.1) is 5.92 Å². The second-order valence-corrected chi connectivity index (χ2v) is 7.10. The van der Waals surface area contributed by atoms with Crippen molar-refractivity contribution in [3.05, 3.63) is 34.4 Å². The molecule has 5 heteroatoms. The maximum absolute atomic E-state index is 5.26. The van der Waals surface area contributed by atoms with E-state index in [1.54, 1.807) is 18.4 Å². The van der Waals surface area contributed by atoms with E-state index in [1.807, 2.05) is 16.8 Å². The topological polar surface area (TPSA) is 38.9 Å². The van der Waals surface area contributed by atoms with Gasteiger partial charge < -0.3 is 4.74 Å². The summed E-state index contributed by atoms with van der Waals surface area (Å²) in [5, 5.41) is 7.11. The lowest BCUT2D eigenvalue weighted by Crippen LogP contribution is -2.18. The molecular weight excluding hydrogens is 318 g/mol. The Kier molecular flexibility index (Phi) is 5.51. The molecule has 0 atom stereocenters. The van der Waals surface area contributed by atoms with Crippen LogP contribution in [0.2, 0.25) is 0 Å². The van der Waals surface area contributed by atoms with Crippen LogP contribution in [0.1, 0.15) is 39.5 Å². The molecule has 4 nitrogen and oxygen atoms in total. The quantitative estimate of drug-likeness (QED) is 0.802. The van der Waals surface area contributed by atoms with Gasteiger partial charge in [-0.2, -0.15) is 5.10 Å². The Morgan fingerprint density at radius 3 is 2.54 bits per heavy atom. The number of thiazole rings is 1. The van der Waals surface area contributed by atoms with Crippen LogP contribution in [-0.4, -0.2) is 24.0 Å². The largest absolute Gasteiger partial charge is 0.497 e. The van der Waals surface area contributed by atoms with Gasteiger partial charge >= 0.3 is 0 Å². The summed E-state index contributed by atoms with van der Waals surface area (Å²) >= 11 is 1.65. The Balaban J connectivity index is 2.01. The molecule has 2 aromatic rings. The first-order chi connectivity index (χ1) is 11.7. The zero-order chi connectivity index (χ0) is 16.9. The summed E-state index contributed by atoms with van der Waals surface area (Å²) in [4.78, 5) is 5.58. The third-order valence-electron chi connectivity index (χ3n) is 4.46. The van der Waals surface area contributed by atoms with Crippen molar-refractivity contribution in [1.82, 2.24) is 4.68 Å². The molecule has 0 aliphatic heterocycles. The van der Waals surface area contributed by atoms with Crippen LogP contribution in [0.15, 0.2) is 39.7 Å². The first kappa shape index (κ1) is 17.0. The number of nitrogens with zero attached hydrogens (tertiary/aromatic N) is 3. The second-order valence-electron chi connectivity index (χ2n) is 6.27. The Morgan fingerprint density at radius 2 is 1.92 bits per heavy atom. The van der Waals surface area contributed by atoms with Crippen LogP contribution in [0.3, 0.4) is 0 Å². The van der Waals surface area contributed by atoms with E-state index in [2.05, 4.69) is 36.4 Å². The number of methoxy groups -OCH3 is 1. The Morgan fingerprint density at radius 1 is 1.21 bits per heavy atom. The van der Waals surface area contributed by atoms with E-state index in [0.29, 0.717) is 0 Å². The van der Waals surface area contributed by atoms with E-state index in [1.165, 1.54) is 18.6 Å².